The lowest BCUT2D eigenvalue weighted by atomic mass is 9.83. The van der Waals surface area contributed by atoms with Gasteiger partial charge in [-0.1, -0.05) is 139 Å². The van der Waals surface area contributed by atoms with Crippen LogP contribution in [0, 0.1) is 0 Å². The lowest BCUT2D eigenvalue weighted by molar-refractivity contribution is 0.590. The molecule has 6 aromatic carbocycles. The second-order valence-corrected chi connectivity index (χ2v) is 17.3. The molecule has 3 heterocycles. The average molecular weight is 738 g/mol. The number of benzene rings is 6. The number of nitrogens with zero attached hydrogens (tertiary/aromatic N) is 2. The highest BCUT2D eigenvalue weighted by molar-refractivity contribution is 6.12. The second-order valence-electron chi connectivity index (χ2n) is 17.3. The normalized spacial score (nSPS) is 12.0. The summed E-state index contributed by atoms with van der Waals surface area (Å²) in [6.07, 6.45) is 1.91. The van der Waals surface area contributed by atoms with Crippen molar-refractivity contribution in [2.45, 2.75) is 52.4 Å². The highest BCUT2D eigenvalue weighted by atomic mass is 14.8. The SMILES string of the molecule is CC(C)(C)c1ccc2[nH]c3c(-c4cc(-c5ccccc5)cc(-c5cc(-c6ccccc6)cc(-c6cc(-c7ccccc7)ccn6)c5)n4)cc(C(C)(C)C)cc3c2c1. The Balaban J connectivity index is 1.30. The Morgan fingerprint density at radius 2 is 0.895 bits per heavy atom. The zero-order chi connectivity index (χ0) is 39.3. The van der Waals surface area contributed by atoms with Crippen molar-refractivity contribution >= 4 is 21.8 Å². The Hall–Kier alpha value is -6.58. The molecule has 0 amide bonds. The van der Waals surface area contributed by atoms with Crippen LogP contribution >= 0.6 is 0 Å². The van der Waals surface area contributed by atoms with E-state index < -0.39 is 0 Å². The fourth-order valence-corrected chi connectivity index (χ4v) is 7.83. The first-order valence-electron chi connectivity index (χ1n) is 19.9. The van der Waals surface area contributed by atoms with Crippen molar-refractivity contribution in [2.75, 3.05) is 0 Å². The summed E-state index contributed by atoms with van der Waals surface area (Å²) in [6.45, 7) is 13.7. The van der Waals surface area contributed by atoms with E-state index in [-0.39, 0.29) is 10.8 Å². The minimum atomic E-state index is -0.0752. The van der Waals surface area contributed by atoms with Gasteiger partial charge in [0.1, 0.15) is 0 Å². The summed E-state index contributed by atoms with van der Waals surface area (Å²) in [5.41, 5.74) is 17.6. The number of aromatic amines is 1. The number of pyridine rings is 2. The molecule has 1 N–H and O–H groups in total. The highest BCUT2D eigenvalue weighted by Gasteiger charge is 2.22. The second kappa shape index (κ2) is 14.2. The van der Waals surface area contributed by atoms with Gasteiger partial charge >= 0.3 is 0 Å². The summed E-state index contributed by atoms with van der Waals surface area (Å²) in [7, 11) is 0. The van der Waals surface area contributed by atoms with Crippen molar-refractivity contribution in [1.82, 2.24) is 15.0 Å². The van der Waals surface area contributed by atoms with Crippen molar-refractivity contribution in [2.24, 2.45) is 0 Å². The van der Waals surface area contributed by atoms with Crippen LogP contribution < -0.4 is 0 Å². The minimum Gasteiger partial charge on any atom is -0.354 e. The van der Waals surface area contributed by atoms with E-state index in [0.717, 1.165) is 78.2 Å². The Morgan fingerprint density at radius 3 is 1.51 bits per heavy atom. The molecule has 0 unspecified atom stereocenters. The van der Waals surface area contributed by atoms with Crippen LogP contribution in [0.15, 0.2) is 170 Å². The first-order chi connectivity index (χ1) is 27.5. The molecule has 0 saturated carbocycles. The predicted octanol–water partition coefficient (Wildman–Crippen LogP) is 14.7. The molecular weight excluding hydrogens is 691 g/mol. The van der Waals surface area contributed by atoms with Gasteiger partial charge in [-0.15, -0.1) is 0 Å². The maximum atomic E-state index is 5.59. The summed E-state index contributed by atoms with van der Waals surface area (Å²) < 4.78 is 0. The van der Waals surface area contributed by atoms with Gasteiger partial charge in [0.2, 0.25) is 0 Å². The van der Waals surface area contributed by atoms with Gasteiger partial charge < -0.3 is 4.98 Å². The molecule has 0 aliphatic rings. The molecule has 0 fully saturated rings. The summed E-state index contributed by atoms with van der Waals surface area (Å²) in [5, 5.41) is 2.47. The molecule has 9 aromatic rings. The van der Waals surface area contributed by atoms with Crippen LogP contribution in [-0.2, 0) is 10.8 Å². The zero-order valence-corrected chi connectivity index (χ0v) is 33.6. The summed E-state index contributed by atoms with van der Waals surface area (Å²) in [6, 6.07) is 59.0. The maximum Gasteiger partial charge on any atom is 0.0736 e. The number of H-pyrrole nitrogens is 1. The van der Waals surface area contributed by atoms with Crippen LogP contribution in [0.2, 0.25) is 0 Å². The fourth-order valence-electron chi connectivity index (χ4n) is 7.83. The van der Waals surface area contributed by atoms with Gasteiger partial charge in [-0.25, -0.2) is 4.98 Å². The topological polar surface area (TPSA) is 41.6 Å². The van der Waals surface area contributed by atoms with Crippen LogP contribution in [-0.4, -0.2) is 15.0 Å². The predicted molar refractivity (Wildman–Crippen MR) is 241 cm³/mol. The lowest BCUT2D eigenvalue weighted by Crippen LogP contribution is -2.11. The van der Waals surface area contributed by atoms with Crippen LogP contribution in [0.5, 0.6) is 0 Å². The van der Waals surface area contributed by atoms with Gasteiger partial charge in [-0.05, 0) is 122 Å². The van der Waals surface area contributed by atoms with E-state index in [2.05, 4.69) is 210 Å². The molecule has 0 aliphatic carbocycles. The van der Waals surface area contributed by atoms with Gasteiger partial charge in [0.05, 0.1) is 22.6 Å². The molecular formula is C54H47N3. The Bertz CT molecular complexity index is 2890. The van der Waals surface area contributed by atoms with Gasteiger partial charge in [0, 0.05) is 39.2 Å². The van der Waals surface area contributed by atoms with E-state index in [4.69, 9.17) is 9.97 Å². The molecule has 57 heavy (non-hydrogen) atoms. The fraction of sp³-hybridized carbons (Fsp3) is 0.148. The molecule has 3 aromatic heterocycles. The van der Waals surface area contributed by atoms with Crippen LogP contribution in [0.1, 0.15) is 52.7 Å². The molecule has 0 aliphatic heterocycles. The van der Waals surface area contributed by atoms with E-state index in [0.29, 0.717) is 0 Å². The number of aromatic nitrogens is 3. The Labute approximate surface area is 336 Å². The summed E-state index contributed by atoms with van der Waals surface area (Å²) in [5.74, 6) is 0. The Morgan fingerprint density at radius 1 is 0.386 bits per heavy atom. The number of hydrogen-bond donors (Lipinski definition) is 1. The zero-order valence-electron chi connectivity index (χ0n) is 33.6. The third-order valence-electron chi connectivity index (χ3n) is 11.1. The molecule has 9 rings (SSSR count). The first kappa shape index (κ1) is 36.1. The Kier molecular flexibility index (Phi) is 8.97. The van der Waals surface area contributed by atoms with E-state index in [9.17, 15) is 0 Å². The van der Waals surface area contributed by atoms with Gasteiger partial charge in [0.15, 0.2) is 0 Å². The monoisotopic (exact) mass is 737 g/mol. The molecule has 3 nitrogen and oxygen atoms in total. The number of nitrogens with one attached hydrogen (secondary N) is 1. The van der Waals surface area contributed by atoms with Crippen molar-refractivity contribution in [3.05, 3.63) is 181 Å². The van der Waals surface area contributed by atoms with E-state index >= 15 is 0 Å². The van der Waals surface area contributed by atoms with E-state index in [1.54, 1.807) is 0 Å². The molecule has 0 atom stereocenters. The largest absolute Gasteiger partial charge is 0.354 e. The third kappa shape index (κ3) is 7.18. The third-order valence-corrected chi connectivity index (χ3v) is 11.1. The molecule has 0 bridgehead atoms. The maximum absolute atomic E-state index is 5.59. The van der Waals surface area contributed by atoms with Gasteiger partial charge in [-0.3, -0.25) is 4.98 Å². The van der Waals surface area contributed by atoms with Crippen molar-refractivity contribution < 1.29 is 0 Å². The van der Waals surface area contributed by atoms with Gasteiger partial charge in [-0.2, -0.15) is 0 Å². The number of fused-ring (bicyclic) bond motifs is 3. The van der Waals surface area contributed by atoms with Crippen molar-refractivity contribution in [1.29, 1.82) is 0 Å². The average Bonchev–Trinajstić information content (AvgIpc) is 3.61. The molecule has 0 spiro atoms. The van der Waals surface area contributed by atoms with Crippen LogP contribution in [0.3, 0.4) is 0 Å². The molecule has 3 heteroatoms. The quantitative estimate of drug-likeness (QED) is 0.185. The lowest BCUT2D eigenvalue weighted by Gasteiger charge is -2.21. The van der Waals surface area contributed by atoms with Crippen LogP contribution in [0.25, 0.3) is 89.0 Å². The first-order valence-corrected chi connectivity index (χ1v) is 19.9. The van der Waals surface area contributed by atoms with Gasteiger partial charge in [0.25, 0.3) is 0 Å². The van der Waals surface area contributed by atoms with Crippen LogP contribution in [0.4, 0.5) is 0 Å². The standard InChI is InChI=1S/C54H47N3/c1-53(2,3)43-22-23-48-45(32-43)46-33-44(54(4,5)6)34-47(52(46)57-48)51-31-40(37-20-14-9-15-21-37)30-50(56-51)42-27-39(36-18-12-8-13-19-36)26-41(28-42)49-29-38(24-25-55-49)35-16-10-7-11-17-35/h7-34,57H,1-6H3. The summed E-state index contributed by atoms with van der Waals surface area (Å²) in [4.78, 5) is 14.4. The number of hydrogen-bond acceptors (Lipinski definition) is 2. The molecule has 0 radical (unpaired) electrons. The van der Waals surface area contributed by atoms with Crippen molar-refractivity contribution in [3.8, 4) is 67.2 Å². The summed E-state index contributed by atoms with van der Waals surface area (Å²) >= 11 is 0. The molecule has 0 saturated heterocycles. The molecule has 278 valence electrons. The number of rotatable bonds is 6. The van der Waals surface area contributed by atoms with Crippen molar-refractivity contribution in [3.63, 3.8) is 0 Å². The van der Waals surface area contributed by atoms with E-state index in [1.165, 1.54) is 21.9 Å². The smallest absolute Gasteiger partial charge is 0.0736 e. The minimum absolute atomic E-state index is 0.0360. The highest BCUT2D eigenvalue weighted by Crippen LogP contribution is 2.41. The van der Waals surface area contributed by atoms with E-state index in [1.807, 2.05) is 6.20 Å².